The van der Waals surface area contributed by atoms with Crippen LogP contribution in [0.1, 0.15) is 50.1 Å². The van der Waals surface area contributed by atoms with Crippen LogP contribution in [0.2, 0.25) is 0 Å². The van der Waals surface area contributed by atoms with Crippen LogP contribution in [0.3, 0.4) is 0 Å². The Morgan fingerprint density at radius 3 is 2.83 bits per heavy atom. The topological polar surface area (TPSA) is 28.2 Å². The molecule has 3 nitrogen and oxygen atoms in total. The molecule has 0 radical (unpaired) electrons. The Balaban J connectivity index is 1.73. The average Bonchev–Trinajstić information content (AvgIpc) is 2.96. The smallest absolute Gasteiger partial charge is 0.186 e. The second-order valence-electron chi connectivity index (χ2n) is 5.56. The average molecular weight is 265 g/mol. The van der Waals surface area contributed by atoms with Gasteiger partial charge in [-0.05, 0) is 39.0 Å². The molecule has 2 aliphatic rings. The molecule has 2 heterocycles. The van der Waals surface area contributed by atoms with Crippen LogP contribution in [0.5, 0.6) is 0 Å². The van der Waals surface area contributed by atoms with Crippen LogP contribution in [0.4, 0.5) is 5.13 Å². The zero-order valence-corrected chi connectivity index (χ0v) is 12.2. The maximum Gasteiger partial charge on any atom is 0.186 e. The fourth-order valence-electron chi connectivity index (χ4n) is 2.65. The van der Waals surface area contributed by atoms with Crippen molar-refractivity contribution in [2.75, 3.05) is 11.4 Å². The highest BCUT2D eigenvalue weighted by molar-refractivity contribution is 7.15. The molecule has 0 bridgehead atoms. The summed E-state index contributed by atoms with van der Waals surface area (Å²) in [6, 6.07) is 1.45. The predicted molar refractivity (Wildman–Crippen MR) is 77.4 cm³/mol. The summed E-state index contributed by atoms with van der Waals surface area (Å²) >= 11 is 1.91. The van der Waals surface area contributed by atoms with E-state index in [1.54, 1.807) is 0 Å². The van der Waals surface area contributed by atoms with Crippen LogP contribution in [0, 0.1) is 0 Å². The van der Waals surface area contributed by atoms with E-state index < -0.39 is 0 Å². The summed E-state index contributed by atoms with van der Waals surface area (Å²) in [7, 11) is 0. The van der Waals surface area contributed by atoms with Crippen molar-refractivity contribution < 1.29 is 0 Å². The number of aryl methyl sites for hydroxylation is 1. The molecule has 0 aromatic carbocycles. The van der Waals surface area contributed by atoms with Gasteiger partial charge in [-0.3, -0.25) is 0 Å². The molecular weight excluding hydrogens is 242 g/mol. The number of nitrogens with zero attached hydrogens (tertiary/aromatic N) is 2. The number of thiazole rings is 1. The van der Waals surface area contributed by atoms with Gasteiger partial charge in [0, 0.05) is 30.1 Å². The highest BCUT2D eigenvalue weighted by Crippen LogP contribution is 2.32. The molecule has 1 saturated heterocycles. The zero-order chi connectivity index (χ0) is 12.5. The van der Waals surface area contributed by atoms with Crippen LogP contribution in [0.25, 0.3) is 0 Å². The Kier molecular flexibility index (Phi) is 3.57. The minimum Gasteiger partial charge on any atom is -0.345 e. The standard InChI is InChI=1S/C14H23N3S/c1-3-12-13(9-15-11-6-7-11)18-14(16-12)17-8-4-5-10(17)2/h10-11,15H,3-9H2,1-2H3. The summed E-state index contributed by atoms with van der Waals surface area (Å²) in [6.45, 7) is 6.75. The molecule has 1 aliphatic heterocycles. The summed E-state index contributed by atoms with van der Waals surface area (Å²) in [5.74, 6) is 0. The van der Waals surface area contributed by atoms with Crippen molar-refractivity contribution in [2.24, 2.45) is 0 Å². The van der Waals surface area contributed by atoms with Crippen molar-refractivity contribution >= 4 is 16.5 Å². The van der Waals surface area contributed by atoms with E-state index in [0.29, 0.717) is 6.04 Å². The number of aromatic nitrogens is 1. The first kappa shape index (κ1) is 12.4. The molecule has 100 valence electrons. The molecule has 0 amide bonds. The minimum atomic E-state index is 0.671. The van der Waals surface area contributed by atoms with Gasteiger partial charge in [0.05, 0.1) is 5.69 Å². The molecule has 1 aromatic rings. The Morgan fingerprint density at radius 1 is 1.39 bits per heavy atom. The second kappa shape index (κ2) is 5.17. The summed E-state index contributed by atoms with van der Waals surface area (Å²) < 4.78 is 0. The Morgan fingerprint density at radius 2 is 2.22 bits per heavy atom. The lowest BCUT2D eigenvalue weighted by atomic mass is 10.2. The SMILES string of the molecule is CCc1nc(N2CCCC2C)sc1CNC1CC1. The lowest BCUT2D eigenvalue weighted by molar-refractivity contribution is 0.689. The number of hydrogen-bond donors (Lipinski definition) is 1. The Hall–Kier alpha value is -0.610. The van der Waals surface area contributed by atoms with Crippen molar-refractivity contribution in [1.82, 2.24) is 10.3 Å². The number of nitrogens with one attached hydrogen (secondary N) is 1. The third-order valence-corrected chi connectivity index (χ3v) is 5.16. The number of anilines is 1. The van der Waals surface area contributed by atoms with E-state index in [4.69, 9.17) is 4.98 Å². The fourth-order valence-corrected chi connectivity index (χ4v) is 3.88. The monoisotopic (exact) mass is 265 g/mol. The van der Waals surface area contributed by atoms with E-state index >= 15 is 0 Å². The van der Waals surface area contributed by atoms with Crippen LogP contribution in [-0.2, 0) is 13.0 Å². The van der Waals surface area contributed by atoms with Gasteiger partial charge in [-0.2, -0.15) is 0 Å². The third kappa shape index (κ3) is 2.54. The lowest BCUT2D eigenvalue weighted by Crippen LogP contribution is -2.25. The Labute approximate surface area is 114 Å². The molecule has 1 aromatic heterocycles. The molecule has 1 atom stereocenters. The fraction of sp³-hybridized carbons (Fsp3) is 0.786. The predicted octanol–water partition coefficient (Wildman–Crippen LogP) is 2.95. The van der Waals surface area contributed by atoms with Crippen LogP contribution < -0.4 is 10.2 Å². The van der Waals surface area contributed by atoms with Gasteiger partial charge in [-0.25, -0.2) is 4.98 Å². The van der Waals surface area contributed by atoms with Gasteiger partial charge in [0.25, 0.3) is 0 Å². The summed E-state index contributed by atoms with van der Waals surface area (Å²) in [6.07, 6.45) is 6.40. The van der Waals surface area contributed by atoms with E-state index in [0.717, 1.165) is 19.0 Å². The molecule has 1 aliphatic carbocycles. The molecule has 4 heteroatoms. The molecule has 3 rings (SSSR count). The number of rotatable bonds is 5. The second-order valence-corrected chi connectivity index (χ2v) is 6.62. The van der Waals surface area contributed by atoms with E-state index in [9.17, 15) is 0 Å². The minimum absolute atomic E-state index is 0.671. The largest absolute Gasteiger partial charge is 0.345 e. The summed E-state index contributed by atoms with van der Waals surface area (Å²) in [4.78, 5) is 8.81. The zero-order valence-electron chi connectivity index (χ0n) is 11.4. The van der Waals surface area contributed by atoms with Gasteiger partial charge < -0.3 is 10.2 Å². The van der Waals surface area contributed by atoms with Gasteiger partial charge >= 0.3 is 0 Å². The van der Waals surface area contributed by atoms with Crippen LogP contribution >= 0.6 is 11.3 Å². The maximum atomic E-state index is 4.86. The van der Waals surface area contributed by atoms with Gasteiger partial charge in [0.15, 0.2) is 5.13 Å². The first-order chi connectivity index (χ1) is 8.78. The molecule has 1 N–H and O–H groups in total. The van der Waals surface area contributed by atoms with Gasteiger partial charge in [0.1, 0.15) is 0 Å². The third-order valence-electron chi connectivity index (χ3n) is 4.03. The first-order valence-corrected chi connectivity index (χ1v) is 8.08. The molecule has 1 saturated carbocycles. The molecule has 18 heavy (non-hydrogen) atoms. The van der Waals surface area contributed by atoms with Crippen molar-refractivity contribution in [1.29, 1.82) is 0 Å². The normalized spacial score (nSPS) is 23.9. The molecule has 2 fully saturated rings. The highest BCUT2D eigenvalue weighted by Gasteiger charge is 2.25. The van der Waals surface area contributed by atoms with Crippen LogP contribution in [-0.4, -0.2) is 23.6 Å². The molecular formula is C14H23N3S. The molecule has 1 unspecified atom stereocenters. The van der Waals surface area contributed by atoms with Gasteiger partial charge in [-0.15, -0.1) is 11.3 Å². The van der Waals surface area contributed by atoms with Crippen molar-refractivity contribution in [3.63, 3.8) is 0 Å². The van der Waals surface area contributed by atoms with Crippen molar-refractivity contribution in [2.45, 2.75) is 64.6 Å². The van der Waals surface area contributed by atoms with E-state index in [2.05, 4.69) is 24.1 Å². The number of hydrogen-bond acceptors (Lipinski definition) is 4. The van der Waals surface area contributed by atoms with E-state index in [-0.39, 0.29) is 0 Å². The first-order valence-electron chi connectivity index (χ1n) is 7.26. The van der Waals surface area contributed by atoms with Crippen LogP contribution in [0.15, 0.2) is 0 Å². The van der Waals surface area contributed by atoms with Crippen molar-refractivity contribution in [3.8, 4) is 0 Å². The lowest BCUT2D eigenvalue weighted by Gasteiger charge is -2.19. The van der Waals surface area contributed by atoms with Gasteiger partial charge in [0.2, 0.25) is 0 Å². The quantitative estimate of drug-likeness (QED) is 0.887. The summed E-state index contributed by atoms with van der Waals surface area (Å²) in [5.41, 5.74) is 1.31. The van der Waals surface area contributed by atoms with E-state index in [1.165, 1.54) is 47.9 Å². The highest BCUT2D eigenvalue weighted by atomic mass is 32.1. The van der Waals surface area contributed by atoms with E-state index in [1.807, 2.05) is 11.3 Å². The Bertz CT molecular complexity index is 411. The maximum absolute atomic E-state index is 4.86. The molecule has 0 spiro atoms. The van der Waals surface area contributed by atoms with Gasteiger partial charge in [-0.1, -0.05) is 6.92 Å². The summed E-state index contributed by atoms with van der Waals surface area (Å²) in [5, 5.41) is 4.87. The van der Waals surface area contributed by atoms with Crippen molar-refractivity contribution in [3.05, 3.63) is 10.6 Å².